The van der Waals surface area contributed by atoms with Gasteiger partial charge in [0, 0.05) is 18.0 Å². The van der Waals surface area contributed by atoms with Crippen molar-refractivity contribution < 1.29 is 14.3 Å². The molecule has 24 heavy (non-hydrogen) atoms. The van der Waals surface area contributed by atoms with Crippen LogP contribution in [0.25, 0.3) is 10.2 Å². The number of alkyl carbamates (subject to hydrolysis) is 1. The van der Waals surface area contributed by atoms with Crippen molar-refractivity contribution in [2.45, 2.75) is 39.2 Å². The third kappa shape index (κ3) is 5.98. The van der Waals surface area contributed by atoms with E-state index in [1.807, 2.05) is 12.1 Å². The SMILES string of the molecule is CC(C)(C)OC(=O)NCCCC(=O)Nc1nc2ccc(Cl)cc2s1. The number of carbonyl (C=O) groups is 2. The minimum absolute atomic E-state index is 0.147. The summed E-state index contributed by atoms with van der Waals surface area (Å²) in [5.41, 5.74) is 0.267. The van der Waals surface area contributed by atoms with Crippen LogP contribution in [0.5, 0.6) is 0 Å². The zero-order chi connectivity index (χ0) is 17.7. The van der Waals surface area contributed by atoms with Crippen molar-refractivity contribution in [3.63, 3.8) is 0 Å². The fourth-order valence-electron chi connectivity index (χ4n) is 1.89. The van der Waals surface area contributed by atoms with Crippen molar-refractivity contribution in [3.8, 4) is 0 Å². The molecule has 0 aliphatic heterocycles. The first-order valence-corrected chi connectivity index (χ1v) is 8.75. The lowest BCUT2D eigenvalue weighted by molar-refractivity contribution is -0.116. The van der Waals surface area contributed by atoms with Gasteiger partial charge >= 0.3 is 6.09 Å². The molecule has 6 nitrogen and oxygen atoms in total. The Morgan fingerprint density at radius 1 is 1.33 bits per heavy atom. The predicted molar refractivity (Wildman–Crippen MR) is 96.7 cm³/mol. The molecule has 0 spiro atoms. The van der Waals surface area contributed by atoms with Crippen LogP contribution in [0.3, 0.4) is 0 Å². The molecule has 2 N–H and O–H groups in total. The first-order valence-electron chi connectivity index (χ1n) is 7.56. The van der Waals surface area contributed by atoms with Crippen molar-refractivity contribution in [1.29, 1.82) is 0 Å². The van der Waals surface area contributed by atoms with E-state index in [0.29, 0.717) is 23.1 Å². The van der Waals surface area contributed by atoms with Gasteiger partial charge in [0.25, 0.3) is 0 Å². The van der Waals surface area contributed by atoms with Gasteiger partial charge in [-0.05, 0) is 45.4 Å². The fraction of sp³-hybridized carbons (Fsp3) is 0.438. The third-order valence-electron chi connectivity index (χ3n) is 2.85. The van der Waals surface area contributed by atoms with Crippen LogP contribution < -0.4 is 10.6 Å². The molecule has 2 aromatic rings. The minimum atomic E-state index is -0.531. The van der Waals surface area contributed by atoms with Gasteiger partial charge in [-0.2, -0.15) is 0 Å². The van der Waals surface area contributed by atoms with Gasteiger partial charge in [0.1, 0.15) is 5.60 Å². The quantitative estimate of drug-likeness (QED) is 0.774. The highest BCUT2D eigenvalue weighted by Crippen LogP contribution is 2.28. The van der Waals surface area contributed by atoms with Crippen molar-refractivity contribution in [1.82, 2.24) is 10.3 Å². The highest BCUT2D eigenvalue weighted by Gasteiger charge is 2.15. The van der Waals surface area contributed by atoms with Crippen molar-refractivity contribution in [2.24, 2.45) is 0 Å². The Morgan fingerprint density at radius 2 is 2.08 bits per heavy atom. The van der Waals surface area contributed by atoms with Gasteiger partial charge in [-0.1, -0.05) is 22.9 Å². The molecule has 8 heteroatoms. The fourth-order valence-corrected chi connectivity index (χ4v) is 3.05. The molecule has 0 fully saturated rings. The Balaban J connectivity index is 1.74. The molecular formula is C16H20ClN3O3S. The summed E-state index contributed by atoms with van der Waals surface area (Å²) in [4.78, 5) is 27.7. The van der Waals surface area contributed by atoms with E-state index < -0.39 is 11.7 Å². The van der Waals surface area contributed by atoms with Crippen LogP contribution in [-0.2, 0) is 9.53 Å². The summed E-state index contributed by atoms with van der Waals surface area (Å²) in [6.07, 6.45) is 0.319. The highest BCUT2D eigenvalue weighted by molar-refractivity contribution is 7.22. The van der Waals surface area contributed by atoms with Crippen LogP contribution in [0.4, 0.5) is 9.93 Å². The number of hydrogen-bond donors (Lipinski definition) is 2. The van der Waals surface area contributed by atoms with E-state index in [1.165, 1.54) is 11.3 Å². The molecule has 0 atom stereocenters. The van der Waals surface area contributed by atoms with Gasteiger partial charge in [-0.25, -0.2) is 9.78 Å². The van der Waals surface area contributed by atoms with Crippen LogP contribution in [-0.4, -0.2) is 29.1 Å². The third-order valence-corrected chi connectivity index (χ3v) is 4.01. The summed E-state index contributed by atoms with van der Waals surface area (Å²) < 4.78 is 6.03. The van der Waals surface area contributed by atoms with Gasteiger partial charge in [0.05, 0.1) is 10.2 Å². The van der Waals surface area contributed by atoms with Crippen LogP contribution in [0.2, 0.25) is 5.02 Å². The summed E-state index contributed by atoms with van der Waals surface area (Å²) in [6, 6.07) is 5.39. The van der Waals surface area contributed by atoms with E-state index >= 15 is 0 Å². The minimum Gasteiger partial charge on any atom is -0.444 e. The molecule has 0 saturated heterocycles. The van der Waals surface area contributed by atoms with Crippen molar-refractivity contribution in [2.75, 3.05) is 11.9 Å². The predicted octanol–water partition coefficient (Wildman–Crippen LogP) is 4.19. The molecular weight excluding hydrogens is 350 g/mol. The molecule has 2 rings (SSSR count). The lowest BCUT2D eigenvalue weighted by atomic mass is 10.2. The summed E-state index contributed by atoms with van der Waals surface area (Å²) >= 11 is 7.30. The van der Waals surface area contributed by atoms with Gasteiger partial charge < -0.3 is 15.4 Å². The molecule has 130 valence electrons. The molecule has 0 bridgehead atoms. The monoisotopic (exact) mass is 369 g/mol. The highest BCUT2D eigenvalue weighted by atomic mass is 35.5. The smallest absolute Gasteiger partial charge is 0.407 e. The Bertz CT molecular complexity index is 740. The number of nitrogens with one attached hydrogen (secondary N) is 2. The Labute approximate surface area is 149 Å². The summed E-state index contributed by atoms with van der Waals surface area (Å²) in [6.45, 7) is 5.76. The van der Waals surface area contributed by atoms with Gasteiger partial charge in [0.15, 0.2) is 5.13 Å². The molecule has 0 radical (unpaired) electrons. The largest absolute Gasteiger partial charge is 0.444 e. The van der Waals surface area contributed by atoms with E-state index in [0.717, 1.165) is 10.2 Å². The number of ether oxygens (including phenoxy) is 1. The van der Waals surface area contributed by atoms with Crippen LogP contribution in [0.1, 0.15) is 33.6 Å². The van der Waals surface area contributed by atoms with Crippen LogP contribution >= 0.6 is 22.9 Å². The second kappa shape index (κ2) is 7.81. The maximum Gasteiger partial charge on any atom is 0.407 e. The molecule has 2 amide bonds. The maximum atomic E-state index is 11.9. The maximum absolute atomic E-state index is 11.9. The average molecular weight is 370 g/mol. The molecule has 1 aromatic heterocycles. The van der Waals surface area contributed by atoms with E-state index in [1.54, 1.807) is 26.8 Å². The summed E-state index contributed by atoms with van der Waals surface area (Å²) in [5.74, 6) is -0.147. The molecule has 0 aliphatic rings. The number of halogens is 1. The van der Waals surface area contributed by atoms with Crippen LogP contribution in [0, 0.1) is 0 Å². The first-order chi connectivity index (χ1) is 11.2. The average Bonchev–Trinajstić information content (AvgIpc) is 2.83. The number of thiazole rings is 1. The van der Waals surface area contributed by atoms with Gasteiger partial charge in [-0.15, -0.1) is 0 Å². The Morgan fingerprint density at radius 3 is 2.79 bits per heavy atom. The van der Waals surface area contributed by atoms with E-state index in [4.69, 9.17) is 16.3 Å². The van der Waals surface area contributed by atoms with Gasteiger partial charge in [-0.3, -0.25) is 4.79 Å². The number of benzene rings is 1. The number of aromatic nitrogens is 1. The van der Waals surface area contributed by atoms with E-state index in [9.17, 15) is 9.59 Å². The number of amides is 2. The number of carbonyl (C=O) groups excluding carboxylic acids is 2. The molecule has 0 saturated carbocycles. The second-order valence-electron chi connectivity index (χ2n) is 6.21. The zero-order valence-electron chi connectivity index (χ0n) is 13.8. The lowest BCUT2D eigenvalue weighted by Crippen LogP contribution is -2.33. The van der Waals surface area contributed by atoms with Crippen molar-refractivity contribution in [3.05, 3.63) is 23.2 Å². The standard InChI is InChI=1S/C16H20ClN3O3S/c1-16(2,3)23-15(22)18-8-4-5-13(21)20-14-19-11-7-6-10(17)9-12(11)24-14/h6-7,9H,4-5,8H2,1-3H3,(H,18,22)(H,19,20,21). The molecule has 0 aliphatic carbocycles. The van der Waals surface area contributed by atoms with Crippen molar-refractivity contribution >= 4 is 50.3 Å². The number of nitrogens with zero attached hydrogens (tertiary/aromatic N) is 1. The van der Waals surface area contributed by atoms with Crippen LogP contribution in [0.15, 0.2) is 18.2 Å². The number of fused-ring (bicyclic) bond motifs is 1. The van der Waals surface area contributed by atoms with E-state index in [2.05, 4.69) is 15.6 Å². The first kappa shape index (κ1) is 18.5. The number of rotatable bonds is 5. The van der Waals surface area contributed by atoms with E-state index in [-0.39, 0.29) is 12.3 Å². The summed E-state index contributed by atoms with van der Waals surface area (Å²) in [7, 11) is 0. The molecule has 0 unspecified atom stereocenters. The second-order valence-corrected chi connectivity index (χ2v) is 7.68. The topological polar surface area (TPSA) is 80.3 Å². The molecule has 1 heterocycles. The number of anilines is 1. The summed E-state index contributed by atoms with van der Waals surface area (Å²) in [5, 5.41) is 6.55. The van der Waals surface area contributed by atoms with Gasteiger partial charge in [0.2, 0.25) is 5.91 Å². The lowest BCUT2D eigenvalue weighted by Gasteiger charge is -2.19. The Hall–Kier alpha value is -1.86. The normalized spacial score (nSPS) is 11.3. The zero-order valence-corrected chi connectivity index (χ0v) is 15.4. The molecule has 1 aromatic carbocycles. The number of hydrogen-bond acceptors (Lipinski definition) is 5. The Kier molecular flexibility index (Phi) is 6.01.